The third-order valence-corrected chi connectivity index (χ3v) is 3.88. The van der Waals surface area contributed by atoms with Gasteiger partial charge in [-0.2, -0.15) is 13.2 Å². The molecule has 6 heteroatoms. The summed E-state index contributed by atoms with van der Waals surface area (Å²) in [4.78, 5) is 12.0. The average Bonchev–Trinajstić information content (AvgIpc) is 2.44. The normalized spacial score (nSPS) is 11.4. The number of amides is 1. The van der Waals surface area contributed by atoms with Crippen LogP contribution in [0.3, 0.4) is 0 Å². The van der Waals surface area contributed by atoms with Crippen molar-refractivity contribution in [1.82, 2.24) is 5.32 Å². The molecule has 0 unspecified atom stereocenters. The molecule has 1 N–H and O–H groups in total. The van der Waals surface area contributed by atoms with Gasteiger partial charge < -0.3 is 5.32 Å². The summed E-state index contributed by atoms with van der Waals surface area (Å²) >= 11 is 1.12. The molecule has 0 aliphatic heterocycles. The molecule has 2 nitrogen and oxygen atoms in total. The van der Waals surface area contributed by atoms with Crippen molar-refractivity contribution >= 4 is 17.7 Å². The maximum atomic E-state index is 12.5. The zero-order valence-corrected chi connectivity index (χ0v) is 12.8. The summed E-state index contributed by atoms with van der Waals surface area (Å²) < 4.78 is 37.6. The summed E-state index contributed by atoms with van der Waals surface area (Å²) in [7, 11) is 0. The van der Waals surface area contributed by atoms with Gasteiger partial charge in [0.15, 0.2) is 0 Å². The average molecular weight is 319 g/mol. The molecule has 0 spiro atoms. The van der Waals surface area contributed by atoms with Crippen LogP contribution in [0.5, 0.6) is 0 Å². The summed E-state index contributed by atoms with van der Waals surface area (Å²) in [6.07, 6.45) is -0.0440. The minimum absolute atomic E-state index is 0.134. The van der Waals surface area contributed by atoms with E-state index in [9.17, 15) is 18.0 Å². The van der Waals surface area contributed by atoms with E-state index in [4.69, 9.17) is 0 Å². The molecule has 1 aromatic rings. The molecule has 0 saturated carbocycles. The summed E-state index contributed by atoms with van der Waals surface area (Å²) in [5.74, 6) is -0.0105. The fourth-order valence-corrected chi connectivity index (χ4v) is 2.53. The van der Waals surface area contributed by atoms with Gasteiger partial charge in [-0.1, -0.05) is 32.3 Å². The topological polar surface area (TPSA) is 29.1 Å². The summed E-state index contributed by atoms with van der Waals surface area (Å²) in [6.45, 7) is 2.74. The molecule has 1 aromatic carbocycles. The first-order valence-corrected chi connectivity index (χ1v) is 7.99. The fraction of sp³-hybridized carbons (Fsp3) is 0.533. The van der Waals surface area contributed by atoms with Crippen molar-refractivity contribution in [2.24, 2.45) is 0 Å². The van der Waals surface area contributed by atoms with Gasteiger partial charge in [0.1, 0.15) is 0 Å². The van der Waals surface area contributed by atoms with Crippen LogP contribution in [0.1, 0.15) is 38.2 Å². The first kappa shape index (κ1) is 17.9. The Morgan fingerprint density at radius 1 is 1.24 bits per heavy atom. The molecule has 0 heterocycles. The van der Waals surface area contributed by atoms with E-state index in [1.807, 2.05) is 0 Å². The number of carbonyl (C=O) groups excluding carboxylic acids is 1. The molecule has 0 saturated heterocycles. The maximum Gasteiger partial charge on any atom is 0.416 e. The molecule has 118 valence electrons. The molecule has 0 bridgehead atoms. The number of benzene rings is 1. The van der Waals surface area contributed by atoms with E-state index in [0.29, 0.717) is 11.4 Å². The summed E-state index contributed by atoms with van der Waals surface area (Å²) in [5, 5.41) is 2.77. The SMILES string of the molecule is CCCCCCNC(=O)CSc1cccc(C(F)(F)F)c1. The van der Waals surface area contributed by atoms with Crippen LogP contribution in [0.15, 0.2) is 29.2 Å². The van der Waals surface area contributed by atoms with Crippen LogP contribution < -0.4 is 5.32 Å². The number of hydrogen-bond acceptors (Lipinski definition) is 2. The number of nitrogens with one attached hydrogen (secondary N) is 1. The highest BCUT2D eigenvalue weighted by Crippen LogP contribution is 2.31. The van der Waals surface area contributed by atoms with Gasteiger partial charge in [0.2, 0.25) is 5.91 Å². The third kappa shape index (κ3) is 7.41. The van der Waals surface area contributed by atoms with Crippen LogP contribution in [0, 0.1) is 0 Å². The molecule has 0 aliphatic rings. The number of thioether (sulfide) groups is 1. The van der Waals surface area contributed by atoms with Crippen molar-refractivity contribution in [2.45, 2.75) is 43.7 Å². The molecular formula is C15H20F3NOS. The standard InChI is InChI=1S/C15H20F3NOS/c1-2-3-4-5-9-19-14(20)11-21-13-8-6-7-12(10-13)15(16,17)18/h6-8,10H,2-5,9,11H2,1H3,(H,19,20). The predicted molar refractivity (Wildman–Crippen MR) is 79.3 cm³/mol. The molecule has 0 fully saturated rings. The molecule has 0 atom stereocenters. The minimum Gasteiger partial charge on any atom is -0.355 e. The van der Waals surface area contributed by atoms with Gasteiger partial charge in [0, 0.05) is 11.4 Å². The van der Waals surface area contributed by atoms with Crippen LogP contribution in [0.4, 0.5) is 13.2 Å². The highest BCUT2D eigenvalue weighted by molar-refractivity contribution is 8.00. The second-order valence-corrected chi connectivity index (χ2v) is 5.77. The zero-order chi connectivity index (χ0) is 15.7. The van der Waals surface area contributed by atoms with Crippen molar-refractivity contribution in [3.8, 4) is 0 Å². The molecule has 1 amide bonds. The van der Waals surface area contributed by atoms with Gasteiger partial charge in [-0.15, -0.1) is 11.8 Å². The quantitative estimate of drug-likeness (QED) is 0.565. The van der Waals surface area contributed by atoms with Crippen molar-refractivity contribution in [1.29, 1.82) is 0 Å². The monoisotopic (exact) mass is 319 g/mol. The van der Waals surface area contributed by atoms with Crippen LogP contribution in [0.25, 0.3) is 0 Å². The van der Waals surface area contributed by atoms with Gasteiger partial charge in [-0.25, -0.2) is 0 Å². The van der Waals surface area contributed by atoms with Gasteiger partial charge in [-0.3, -0.25) is 4.79 Å². The summed E-state index contributed by atoms with van der Waals surface area (Å²) in [5.41, 5.74) is -0.688. The Bertz CT molecular complexity index is 449. The Morgan fingerprint density at radius 2 is 2.00 bits per heavy atom. The molecule has 0 aliphatic carbocycles. The third-order valence-electron chi connectivity index (χ3n) is 2.88. The highest BCUT2D eigenvalue weighted by Gasteiger charge is 2.30. The van der Waals surface area contributed by atoms with E-state index in [2.05, 4.69) is 12.2 Å². The maximum absolute atomic E-state index is 12.5. The molecule has 0 aromatic heterocycles. The smallest absolute Gasteiger partial charge is 0.355 e. The molecule has 0 radical (unpaired) electrons. The second kappa shape index (κ2) is 8.97. The van der Waals surface area contributed by atoms with Gasteiger partial charge >= 0.3 is 6.18 Å². The number of unbranched alkanes of at least 4 members (excludes halogenated alkanes) is 3. The van der Waals surface area contributed by atoms with Crippen molar-refractivity contribution in [3.05, 3.63) is 29.8 Å². The van der Waals surface area contributed by atoms with Crippen LogP contribution in [-0.4, -0.2) is 18.2 Å². The van der Waals surface area contributed by atoms with E-state index in [1.165, 1.54) is 6.07 Å². The van der Waals surface area contributed by atoms with Crippen molar-refractivity contribution in [2.75, 3.05) is 12.3 Å². The van der Waals surface area contributed by atoms with Crippen molar-refractivity contribution in [3.63, 3.8) is 0 Å². The van der Waals surface area contributed by atoms with E-state index in [-0.39, 0.29) is 11.7 Å². The number of halogens is 3. The van der Waals surface area contributed by atoms with Gasteiger partial charge in [-0.05, 0) is 24.6 Å². The van der Waals surface area contributed by atoms with Crippen LogP contribution in [0.2, 0.25) is 0 Å². The van der Waals surface area contributed by atoms with E-state index >= 15 is 0 Å². The van der Waals surface area contributed by atoms with Crippen LogP contribution in [-0.2, 0) is 11.0 Å². The lowest BCUT2D eigenvalue weighted by Crippen LogP contribution is -2.26. The number of hydrogen-bond donors (Lipinski definition) is 1. The first-order chi connectivity index (χ1) is 9.93. The van der Waals surface area contributed by atoms with E-state index < -0.39 is 11.7 Å². The lowest BCUT2D eigenvalue weighted by Gasteiger charge is -2.08. The Labute approximate surface area is 127 Å². The Hall–Kier alpha value is -1.17. The first-order valence-electron chi connectivity index (χ1n) is 7.00. The molecule has 1 rings (SSSR count). The lowest BCUT2D eigenvalue weighted by atomic mass is 10.2. The fourth-order valence-electron chi connectivity index (χ4n) is 1.74. The van der Waals surface area contributed by atoms with Gasteiger partial charge in [0.05, 0.1) is 11.3 Å². The Kier molecular flexibility index (Phi) is 7.64. The largest absolute Gasteiger partial charge is 0.416 e. The molecular weight excluding hydrogens is 299 g/mol. The number of alkyl halides is 3. The Morgan fingerprint density at radius 3 is 2.67 bits per heavy atom. The number of carbonyl (C=O) groups is 1. The lowest BCUT2D eigenvalue weighted by molar-refractivity contribution is -0.137. The van der Waals surface area contributed by atoms with Crippen LogP contribution >= 0.6 is 11.8 Å². The van der Waals surface area contributed by atoms with Gasteiger partial charge in [0.25, 0.3) is 0 Å². The predicted octanol–water partition coefficient (Wildman–Crippen LogP) is 4.49. The minimum atomic E-state index is -4.35. The molecule has 21 heavy (non-hydrogen) atoms. The summed E-state index contributed by atoms with van der Waals surface area (Å²) in [6, 6.07) is 5.03. The van der Waals surface area contributed by atoms with Crippen molar-refractivity contribution < 1.29 is 18.0 Å². The number of rotatable bonds is 8. The Balaban J connectivity index is 2.33. The van der Waals surface area contributed by atoms with E-state index in [1.54, 1.807) is 6.07 Å². The zero-order valence-electron chi connectivity index (χ0n) is 12.0. The highest BCUT2D eigenvalue weighted by atomic mass is 32.2. The van der Waals surface area contributed by atoms with E-state index in [0.717, 1.165) is 49.6 Å². The second-order valence-electron chi connectivity index (χ2n) is 4.72.